The molecule has 0 spiro atoms. The molecule has 1 atom stereocenters. The zero-order valence-electron chi connectivity index (χ0n) is 9.75. The first-order valence-corrected chi connectivity index (χ1v) is 5.29. The molecule has 17 heavy (non-hydrogen) atoms. The first-order chi connectivity index (χ1) is 8.29. The van der Waals surface area contributed by atoms with E-state index in [-0.39, 0.29) is 6.04 Å². The van der Waals surface area contributed by atoms with Gasteiger partial charge in [0.2, 0.25) is 0 Å². The van der Waals surface area contributed by atoms with Gasteiger partial charge in [0.05, 0.1) is 18.2 Å². The topological polar surface area (TPSA) is 73.1 Å². The zero-order valence-corrected chi connectivity index (χ0v) is 9.75. The van der Waals surface area contributed by atoms with Gasteiger partial charge in [0, 0.05) is 19.5 Å². The standard InChI is InChI=1S/C11H14N4O2/c1-8(7-16-2)13-11-15-14-10(17-11)9-4-3-5-12-6-9/h3-6,8H,7H2,1-2H3,(H,13,15). The SMILES string of the molecule is COCC(C)Nc1nnc(-c2cccnc2)o1. The second kappa shape index (κ2) is 5.40. The molecule has 1 unspecified atom stereocenters. The smallest absolute Gasteiger partial charge is 0.316 e. The number of anilines is 1. The number of nitrogens with zero attached hydrogens (tertiary/aromatic N) is 3. The summed E-state index contributed by atoms with van der Waals surface area (Å²) in [4.78, 5) is 3.99. The average Bonchev–Trinajstić information content (AvgIpc) is 2.79. The van der Waals surface area contributed by atoms with Gasteiger partial charge in [0.25, 0.3) is 5.89 Å². The van der Waals surface area contributed by atoms with Crippen molar-refractivity contribution in [3.05, 3.63) is 24.5 Å². The molecule has 0 aliphatic heterocycles. The fraction of sp³-hybridized carbons (Fsp3) is 0.364. The average molecular weight is 234 g/mol. The van der Waals surface area contributed by atoms with Crippen LogP contribution in [-0.4, -0.2) is 34.9 Å². The van der Waals surface area contributed by atoms with Crippen LogP contribution in [0.15, 0.2) is 28.9 Å². The Hall–Kier alpha value is -1.95. The number of pyridine rings is 1. The summed E-state index contributed by atoms with van der Waals surface area (Å²) in [5.41, 5.74) is 0.799. The minimum atomic E-state index is 0.113. The lowest BCUT2D eigenvalue weighted by Crippen LogP contribution is -2.20. The van der Waals surface area contributed by atoms with Crippen LogP contribution in [-0.2, 0) is 4.74 Å². The van der Waals surface area contributed by atoms with Crippen LogP contribution in [0.2, 0.25) is 0 Å². The van der Waals surface area contributed by atoms with Gasteiger partial charge in [0.15, 0.2) is 0 Å². The summed E-state index contributed by atoms with van der Waals surface area (Å²) < 4.78 is 10.5. The minimum Gasteiger partial charge on any atom is -0.403 e. The molecule has 2 heterocycles. The summed E-state index contributed by atoms with van der Waals surface area (Å²) in [5.74, 6) is 0.449. The molecule has 0 saturated heterocycles. The maximum absolute atomic E-state index is 5.46. The molecule has 0 fully saturated rings. The van der Waals surface area contributed by atoms with E-state index in [1.54, 1.807) is 19.5 Å². The molecule has 0 aromatic carbocycles. The maximum Gasteiger partial charge on any atom is 0.316 e. The van der Waals surface area contributed by atoms with Crippen LogP contribution in [0.3, 0.4) is 0 Å². The molecule has 0 bridgehead atoms. The van der Waals surface area contributed by atoms with Gasteiger partial charge in [-0.25, -0.2) is 0 Å². The lowest BCUT2D eigenvalue weighted by Gasteiger charge is -2.09. The second-order valence-electron chi connectivity index (χ2n) is 3.65. The molecule has 0 radical (unpaired) electrons. The lowest BCUT2D eigenvalue weighted by molar-refractivity contribution is 0.189. The summed E-state index contributed by atoms with van der Waals surface area (Å²) in [5, 5.41) is 10.9. The normalized spacial score (nSPS) is 12.4. The first-order valence-electron chi connectivity index (χ1n) is 5.29. The minimum absolute atomic E-state index is 0.113. The van der Waals surface area contributed by atoms with E-state index < -0.39 is 0 Å². The number of rotatable bonds is 5. The predicted molar refractivity (Wildman–Crippen MR) is 62.5 cm³/mol. The van der Waals surface area contributed by atoms with Crippen molar-refractivity contribution >= 4 is 6.01 Å². The van der Waals surface area contributed by atoms with E-state index in [1.165, 1.54) is 0 Å². The Kier molecular flexibility index (Phi) is 3.66. The molecular formula is C11H14N4O2. The Balaban J connectivity index is 2.06. The van der Waals surface area contributed by atoms with Crippen LogP contribution in [0.5, 0.6) is 0 Å². The van der Waals surface area contributed by atoms with E-state index in [4.69, 9.17) is 9.15 Å². The van der Waals surface area contributed by atoms with Gasteiger partial charge in [-0.3, -0.25) is 4.98 Å². The third-order valence-electron chi connectivity index (χ3n) is 2.12. The Morgan fingerprint density at radius 2 is 2.35 bits per heavy atom. The van der Waals surface area contributed by atoms with Crippen LogP contribution in [0, 0.1) is 0 Å². The Labute approximate surface area is 99.0 Å². The summed E-state index contributed by atoms with van der Waals surface area (Å²) in [6.07, 6.45) is 3.37. The molecule has 1 N–H and O–H groups in total. The zero-order chi connectivity index (χ0) is 12.1. The second-order valence-corrected chi connectivity index (χ2v) is 3.65. The van der Waals surface area contributed by atoms with Crippen molar-refractivity contribution in [2.24, 2.45) is 0 Å². The van der Waals surface area contributed by atoms with E-state index in [0.29, 0.717) is 18.5 Å². The number of hydrogen-bond donors (Lipinski definition) is 1. The van der Waals surface area contributed by atoms with Crippen molar-refractivity contribution in [3.63, 3.8) is 0 Å². The third kappa shape index (κ3) is 3.01. The number of nitrogens with one attached hydrogen (secondary N) is 1. The molecule has 0 aliphatic rings. The lowest BCUT2D eigenvalue weighted by atomic mass is 10.3. The molecule has 2 aromatic rings. The Bertz CT molecular complexity index is 458. The van der Waals surface area contributed by atoms with E-state index in [0.717, 1.165) is 5.56 Å². The van der Waals surface area contributed by atoms with Gasteiger partial charge in [-0.2, -0.15) is 0 Å². The van der Waals surface area contributed by atoms with Gasteiger partial charge < -0.3 is 14.5 Å². The fourth-order valence-corrected chi connectivity index (χ4v) is 1.39. The Morgan fingerprint density at radius 1 is 1.47 bits per heavy atom. The number of aromatic nitrogens is 3. The van der Waals surface area contributed by atoms with Gasteiger partial charge >= 0.3 is 6.01 Å². The highest BCUT2D eigenvalue weighted by atomic mass is 16.5. The van der Waals surface area contributed by atoms with Crippen LogP contribution >= 0.6 is 0 Å². The summed E-state index contributed by atoms with van der Waals surface area (Å²) >= 11 is 0. The van der Waals surface area contributed by atoms with Gasteiger partial charge in [-0.05, 0) is 19.1 Å². The number of hydrogen-bond acceptors (Lipinski definition) is 6. The molecule has 90 valence electrons. The largest absolute Gasteiger partial charge is 0.403 e. The van der Waals surface area contributed by atoms with Gasteiger partial charge in [-0.15, -0.1) is 5.10 Å². The van der Waals surface area contributed by atoms with E-state index in [2.05, 4.69) is 20.5 Å². The van der Waals surface area contributed by atoms with E-state index in [1.807, 2.05) is 19.1 Å². The van der Waals surface area contributed by atoms with Crippen molar-refractivity contribution in [2.75, 3.05) is 19.0 Å². The highest BCUT2D eigenvalue weighted by Gasteiger charge is 2.10. The van der Waals surface area contributed by atoms with Crippen molar-refractivity contribution in [1.82, 2.24) is 15.2 Å². The van der Waals surface area contributed by atoms with Crippen molar-refractivity contribution < 1.29 is 9.15 Å². The van der Waals surface area contributed by atoms with Crippen molar-refractivity contribution in [1.29, 1.82) is 0 Å². The molecule has 0 amide bonds. The summed E-state index contributed by atoms with van der Waals surface area (Å²) in [7, 11) is 1.65. The summed E-state index contributed by atoms with van der Waals surface area (Å²) in [6.45, 7) is 2.54. The van der Waals surface area contributed by atoms with Gasteiger partial charge in [-0.1, -0.05) is 5.10 Å². The summed E-state index contributed by atoms with van der Waals surface area (Å²) in [6, 6.07) is 4.18. The molecule has 0 aliphatic carbocycles. The number of ether oxygens (including phenoxy) is 1. The molecule has 0 saturated carbocycles. The van der Waals surface area contributed by atoms with Gasteiger partial charge in [0.1, 0.15) is 0 Å². The molecule has 6 nitrogen and oxygen atoms in total. The highest BCUT2D eigenvalue weighted by Crippen LogP contribution is 2.18. The van der Waals surface area contributed by atoms with Crippen LogP contribution in [0.1, 0.15) is 6.92 Å². The molecule has 6 heteroatoms. The monoisotopic (exact) mass is 234 g/mol. The molecule has 2 rings (SSSR count). The van der Waals surface area contributed by atoms with Crippen molar-refractivity contribution in [2.45, 2.75) is 13.0 Å². The Morgan fingerprint density at radius 3 is 3.06 bits per heavy atom. The number of methoxy groups -OCH3 is 1. The van der Waals surface area contributed by atoms with Crippen LogP contribution in [0.25, 0.3) is 11.5 Å². The molecule has 2 aromatic heterocycles. The predicted octanol–water partition coefficient (Wildman–Crippen LogP) is 1.58. The highest BCUT2D eigenvalue weighted by molar-refractivity contribution is 5.51. The van der Waals surface area contributed by atoms with E-state index >= 15 is 0 Å². The fourth-order valence-electron chi connectivity index (χ4n) is 1.39. The molecular weight excluding hydrogens is 220 g/mol. The van der Waals surface area contributed by atoms with E-state index in [9.17, 15) is 0 Å². The maximum atomic E-state index is 5.46. The van der Waals surface area contributed by atoms with Crippen LogP contribution < -0.4 is 5.32 Å². The first kappa shape index (κ1) is 11.5. The third-order valence-corrected chi connectivity index (χ3v) is 2.12. The quantitative estimate of drug-likeness (QED) is 0.846. The van der Waals surface area contributed by atoms with Crippen LogP contribution in [0.4, 0.5) is 6.01 Å². The van der Waals surface area contributed by atoms with Crippen molar-refractivity contribution in [3.8, 4) is 11.5 Å².